The molecule has 1 heterocycles. The molecular weight excluding hydrogens is 230 g/mol. The third-order valence-electron chi connectivity index (χ3n) is 2.44. The van der Waals surface area contributed by atoms with Gasteiger partial charge in [-0.3, -0.25) is 0 Å². The molecule has 0 unspecified atom stereocenters. The fourth-order valence-corrected chi connectivity index (χ4v) is 1.50. The SMILES string of the molecule is CNCCc1nc(CCOc2ccccc2)no1. The van der Waals surface area contributed by atoms with E-state index in [1.807, 2.05) is 37.4 Å². The Morgan fingerprint density at radius 2 is 2.06 bits per heavy atom. The second-order valence-corrected chi connectivity index (χ2v) is 3.87. The van der Waals surface area contributed by atoms with Crippen molar-refractivity contribution in [2.45, 2.75) is 12.8 Å². The quantitative estimate of drug-likeness (QED) is 0.802. The average Bonchev–Trinajstić information content (AvgIpc) is 2.85. The van der Waals surface area contributed by atoms with Gasteiger partial charge in [-0.05, 0) is 19.2 Å². The summed E-state index contributed by atoms with van der Waals surface area (Å²) in [7, 11) is 1.89. The highest BCUT2D eigenvalue weighted by Crippen LogP contribution is 2.08. The lowest BCUT2D eigenvalue weighted by Crippen LogP contribution is -2.10. The van der Waals surface area contributed by atoms with Gasteiger partial charge in [-0.15, -0.1) is 0 Å². The maximum absolute atomic E-state index is 5.57. The van der Waals surface area contributed by atoms with Gasteiger partial charge < -0.3 is 14.6 Å². The molecule has 5 nitrogen and oxygen atoms in total. The Kier molecular flexibility index (Phi) is 4.72. The van der Waals surface area contributed by atoms with Crippen molar-refractivity contribution >= 4 is 0 Å². The van der Waals surface area contributed by atoms with Crippen molar-refractivity contribution in [1.29, 1.82) is 0 Å². The van der Waals surface area contributed by atoms with Crippen molar-refractivity contribution in [3.8, 4) is 5.75 Å². The highest BCUT2D eigenvalue weighted by Gasteiger charge is 2.05. The standard InChI is InChI=1S/C13H17N3O2/c1-14-9-7-13-15-12(16-18-13)8-10-17-11-5-3-2-4-6-11/h2-6,14H,7-10H2,1H3. The molecule has 18 heavy (non-hydrogen) atoms. The number of aromatic nitrogens is 2. The Balaban J connectivity index is 1.75. The highest BCUT2D eigenvalue weighted by atomic mass is 16.5. The van der Waals surface area contributed by atoms with Crippen LogP contribution in [0.15, 0.2) is 34.9 Å². The van der Waals surface area contributed by atoms with E-state index in [0.717, 1.165) is 18.7 Å². The molecule has 96 valence electrons. The van der Waals surface area contributed by atoms with Gasteiger partial charge in [-0.25, -0.2) is 0 Å². The van der Waals surface area contributed by atoms with Crippen LogP contribution in [0.1, 0.15) is 11.7 Å². The van der Waals surface area contributed by atoms with Gasteiger partial charge in [0.25, 0.3) is 0 Å². The van der Waals surface area contributed by atoms with E-state index in [0.29, 0.717) is 24.7 Å². The van der Waals surface area contributed by atoms with Crippen LogP contribution >= 0.6 is 0 Å². The number of para-hydroxylation sites is 1. The number of rotatable bonds is 7. The second kappa shape index (κ2) is 6.76. The van der Waals surface area contributed by atoms with Crippen molar-refractivity contribution in [3.63, 3.8) is 0 Å². The van der Waals surface area contributed by atoms with Crippen LogP contribution in [-0.2, 0) is 12.8 Å². The summed E-state index contributed by atoms with van der Waals surface area (Å²) in [4.78, 5) is 4.28. The molecule has 1 aromatic carbocycles. The first-order chi connectivity index (χ1) is 8.88. The third kappa shape index (κ3) is 3.85. The molecule has 0 saturated heterocycles. The van der Waals surface area contributed by atoms with Crippen molar-refractivity contribution < 1.29 is 9.26 Å². The van der Waals surface area contributed by atoms with Crippen LogP contribution < -0.4 is 10.1 Å². The summed E-state index contributed by atoms with van der Waals surface area (Å²) < 4.78 is 10.7. The van der Waals surface area contributed by atoms with E-state index in [1.165, 1.54) is 0 Å². The summed E-state index contributed by atoms with van der Waals surface area (Å²) >= 11 is 0. The Bertz CT molecular complexity index is 456. The van der Waals surface area contributed by atoms with Crippen molar-refractivity contribution in [2.75, 3.05) is 20.2 Å². The van der Waals surface area contributed by atoms with E-state index in [-0.39, 0.29) is 0 Å². The first-order valence-corrected chi connectivity index (χ1v) is 6.02. The lowest BCUT2D eigenvalue weighted by Gasteiger charge is -2.02. The van der Waals surface area contributed by atoms with Crippen LogP contribution in [0.3, 0.4) is 0 Å². The van der Waals surface area contributed by atoms with Gasteiger partial charge >= 0.3 is 0 Å². The summed E-state index contributed by atoms with van der Waals surface area (Å²) in [5.74, 6) is 2.22. The molecular formula is C13H17N3O2. The maximum atomic E-state index is 5.57. The highest BCUT2D eigenvalue weighted by molar-refractivity contribution is 5.20. The number of hydrogen-bond donors (Lipinski definition) is 1. The van der Waals surface area contributed by atoms with Gasteiger partial charge in [0.05, 0.1) is 6.61 Å². The lowest BCUT2D eigenvalue weighted by atomic mass is 10.3. The molecule has 0 atom stereocenters. The van der Waals surface area contributed by atoms with Gasteiger partial charge in [-0.2, -0.15) is 4.98 Å². The van der Waals surface area contributed by atoms with Crippen molar-refractivity contribution in [1.82, 2.24) is 15.5 Å². The molecule has 1 aromatic heterocycles. The summed E-state index contributed by atoms with van der Waals surface area (Å²) in [6.07, 6.45) is 1.40. The molecule has 0 aliphatic heterocycles. The summed E-state index contributed by atoms with van der Waals surface area (Å²) in [5, 5.41) is 6.94. The molecule has 0 bridgehead atoms. The zero-order valence-corrected chi connectivity index (χ0v) is 10.4. The number of ether oxygens (including phenoxy) is 1. The smallest absolute Gasteiger partial charge is 0.227 e. The predicted octanol–water partition coefficient (Wildman–Crippen LogP) is 1.45. The summed E-state index contributed by atoms with van der Waals surface area (Å²) in [6.45, 7) is 1.39. The first kappa shape index (κ1) is 12.6. The van der Waals surface area contributed by atoms with Crippen molar-refractivity contribution in [2.24, 2.45) is 0 Å². The van der Waals surface area contributed by atoms with Gasteiger partial charge in [0.1, 0.15) is 5.75 Å². The summed E-state index contributed by atoms with van der Waals surface area (Å²) in [5.41, 5.74) is 0. The van der Waals surface area contributed by atoms with Crippen LogP contribution in [0, 0.1) is 0 Å². The minimum atomic E-state index is 0.551. The van der Waals surface area contributed by atoms with Crippen LogP contribution in [0.4, 0.5) is 0 Å². The molecule has 0 aliphatic rings. The number of likely N-dealkylation sites (N-methyl/N-ethyl adjacent to an activating group) is 1. The molecule has 0 fully saturated rings. The Hall–Kier alpha value is -1.88. The van der Waals surface area contributed by atoms with Crippen LogP contribution in [0.5, 0.6) is 5.75 Å². The minimum Gasteiger partial charge on any atom is -0.493 e. The molecule has 0 saturated carbocycles. The molecule has 0 radical (unpaired) electrons. The van der Waals surface area contributed by atoms with E-state index in [4.69, 9.17) is 9.26 Å². The predicted molar refractivity (Wildman–Crippen MR) is 67.6 cm³/mol. The maximum Gasteiger partial charge on any atom is 0.227 e. The molecule has 0 aliphatic carbocycles. The Labute approximate surface area is 106 Å². The minimum absolute atomic E-state index is 0.551. The second-order valence-electron chi connectivity index (χ2n) is 3.87. The zero-order chi connectivity index (χ0) is 12.6. The van der Waals surface area contributed by atoms with Crippen molar-refractivity contribution in [3.05, 3.63) is 42.0 Å². The number of nitrogens with zero attached hydrogens (tertiary/aromatic N) is 2. The fourth-order valence-electron chi connectivity index (χ4n) is 1.50. The number of nitrogens with one attached hydrogen (secondary N) is 1. The molecule has 2 aromatic rings. The van der Waals surface area contributed by atoms with Gasteiger partial charge in [0, 0.05) is 19.4 Å². The van der Waals surface area contributed by atoms with E-state index in [2.05, 4.69) is 15.5 Å². The fraction of sp³-hybridized carbons (Fsp3) is 0.385. The van der Waals surface area contributed by atoms with E-state index >= 15 is 0 Å². The Morgan fingerprint density at radius 3 is 2.83 bits per heavy atom. The molecule has 2 rings (SSSR count). The third-order valence-corrected chi connectivity index (χ3v) is 2.44. The monoisotopic (exact) mass is 247 g/mol. The van der Waals surface area contributed by atoms with E-state index in [9.17, 15) is 0 Å². The van der Waals surface area contributed by atoms with Gasteiger partial charge in [-0.1, -0.05) is 23.4 Å². The van der Waals surface area contributed by atoms with Crippen LogP contribution in [0.25, 0.3) is 0 Å². The van der Waals surface area contributed by atoms with Crippen LogP contribution in [0.2, 0.25) is 0 Å². The van der Waals surface area contributed by atoms with Gasteiger partial charge in [0.15, 0.2) is 5.82 Å². The molecule has 0 spiro atoms. The van der Waals surface area contributed by atoms with Gasteiger partial charge in [0.2, 0.25) is 5.89 Å². The zero-order valence-electron chi connectivity index (χ0n) is 10.4. The Morgan fingerprint density at radius 1 is 1.22 bits per heavy atom. The average molecular weight is 247 g/mol. The van der Waals surface area contributed by atoms with E-state index in [1.54, 1.807) is 0 Å². The van der Waals surface area contributed by atoms with E-state index < -0.39 is 0 Å². The topological polar surface area (TPSA) is 60.2 Å². The largest absolute Gasteiger partial charge is 0.493 e. The molecule has 0 amide bonds. The molecule has 5 heteroatoms. The summed E-state index contributed by atoms with van der Waals surface area (Å²) in [6, 6.07) is 9.70. The molecule has 1 N–H and O–H groups in total. The lowest BCUT2D eigenvalue weighted by molar-refractivity contribution is 0.313. The number of benzene rings is 1. The normalized spacial score (nSPS) is 10.5. The number of hydrogen-bond acceptors (Lipinski definition) is 5. The van der Waals surface area contributed by atoms with Crippen LogP contribution in [-0.4, -0.2) is 30.3 Å². The first-order valence-electron chi connectivity index (χ1n) is 6.02.